The van der Waals surface area contributed by atoms with E-state index in [0.717, 1.165) is 130 Å². The molecule has 454 valence electrons. The fourth-order valence-electron chi connectivity index (χ4n) is 10.9. The molecule has 0 aromatic heterocycles. The third-order valence-corrected chi connectivity index (χ3v) is 16.4. The van der Waals surface area contributed by atoms with E-state index in [4.69, 9.17) is 18.9 Å². The normalized spacial score (nSPS) is 11.1. The highest BCUT2D eigenvalue weighted by Crippen LogP contribution is 2.37. The third-order valence-electron chi connectivity index (χ3n) is 16.4. The third kappa shape index (κ3) is 19.1. The Morgan fingerprint density at radius 2 is 0.378 bits per heavy atom. The van der Waals surface area contributed by atoms with Crippen LogP contribution in [0.1, 0.15) is 90.7 Å². The first-order valence-corrected chi connectivity index (χ1v) is 31.7. The second-order valence-electron chi connectivity index (χ2n) is 22.9. The maximum Gasteiger partial charge on any atom is 0.0717 e. The van der Waals surface area contributed by atoms with Gasteiger partial charge in [-0.15, -0.1) is 0 Å². The Hall–Kier alpha value is -9.40. The van der Waals surface area contributed by atoms with Crippen molar-refractivity contribution in [2.75, 3.05) is 36.2 Å². The van der Waals surface area contributed by atoms with E-state index in [1.54, 1.807) is 0 Å². The first-order valence-electron chi connectivity index (χ1n) is 31.7. The zero-order valence-electron chi connectivity index (χ0n) is 52.1. The lowest BCUT2D eigenvalue weighted by Crippen LogP contribution is -2.10. The highest BCUT2D eigenvalue weighted by Gasteiger charge is 2.16. The number of hydrogen-bond donors (Lipinski definition) is 0. The van der Waals surface area contributed by atoms with Gasteiger partial charge in [0.2, 0.25) is 0 Å². The molecule has 0 fully saturated rings. The van der Waals surface area contributed by atoms with Crippen LogP contribution in [0.4, 0.5) is 34.1 Å². The van der Waals surface area contributed by atoms with Crippen LogP contribution >= 0.6 is 0 Å². The van der Waals surface area contributed by atoms with Gasteiger partial charge in [0.15, 0.2) is 0 Å². The fraction of sp³-hybridized carbons (Fsp3) is 0.190. The predicted molar refractivity (Wildman–Crippen MR) is 378 cm³/mol. The molecule has 10 rings (SSSR count). The Labute approximate surface area is 535 Å². The van der Waals surface area contributed by atoms with Gasteiger partial charge >= 0.3 is 0 Å². The largest absolute Gasteiger partial charge is 0.376 e. The van der Waals surface area contributed by atoms with Crippen LogP contribution in [0.2, 0.25) is 0 Å². The first-order chi connectivity index (χ1) is 44.4. The molecule has 0 N–H and O–H groups in total. The summed E-state index contributed by atoms with van der Waals surface area (Å²) in [6, 6.07) is 87.4. The van der Waals surface area contributed by atoms with E-state index >= 15 is 0 Å². The summed E-state index contributed by atoms with van der Waals surface area (Å²) in [6.45, 7) is 20.4. The molecular weight excluding hydrogens is 1100 g/mol. The van der Waals surface area contributed by atoms with E-state index in [9.17, 15) is 0 Å². The van der Waals surface area contributed by atoms with Crippen LogP contribution in [0.5, 0.6) is 0 Å². The van der Waals surface area contributed by atoms with Crippen LogP contribution in [-0.4, -0.2) is 26.4 Å². The molecule has 0 aliphatic heterocycles. The summed E-state index contributed by atoms with van der Waals surface area (Å²) < 4.78 is 24.4. The average Bonchev–Trinajstić information content (AvgIpc) is 3.41. The molecule has 6 heteroatoms. The highest BCUT2D eigenvalue weighted by atomic mass is 16.5. The standard InChI is InChI=1S/C84H84N2O4/c1-5-65-13-21-75(22-14-65)61-87-57-53-71-33-45-81(46-34-71)85(82-47-35-72(36-48-82)54-58-88-62-76-23-15-66(6-2)16-24-76)79-41-29-69(30-42-79)11-9-10-12-70-31-43-80(44-32-70)86(83-49-37-73(38-50-83)55-59-89-63-77-25-17-67(7-3)18-26-77)84-51-39-74(40-52-84)56-60-90-64-78-27-19-68(8-4)20-28-78/h5-8,13-52H,1-4,9-12,53-64H2. The molecule has 0 aliphatic carbocycles. The smallest absolute Gasteiger partial charge is 0.0717 e. The van der Waals surface area contributed by atoms with E-state index in [2.05, 4.69) is 279 Å². The van der Waals surface area contributed by atoms with Gasteiger partial charge in [-0.05, 0) is 202 Å². The van der Waals surface area contributed by atoms with Crippen molar-refractivity contribution in [2.45, 2.75) is 77.8 Å². The minimum atomic E-state index is 0.589. The summed E-state index contributed by atoms with van der Waals surface area (Å²) in [5, 5.41) is 0. The zero-order chi connectivity index (χ0) is 62.0. The van der Waals surface area contributed by atoms with Crippen molar-refractivity contribution in [3.8, 4) is 0 Å². The summed E-state index contributed by atoms with van der Waals surface area (Å²) in [4.78, 5) is 4.71. The van der Waals surface area contributed by atoms with Crippen molar-refractivity contribution in [1.82, 2.24) is 0 Å². The van der Waals surface area contributed by atoms with Gasteiger partial charge in [0.25, 0.3) is 0 Å². The van der Waals surface area contributed by atoms with Crippen molar-refractivity contribution in [1.29, 1.82) is 0 Å². The SMILES string of the molecule is C=Cc1ccc(COCCc2ccc(N(c3ccc(CCCCc4ccc(N(c5ccc(CCOCc6ccc(C=C)cc6)cc5)c5ccc(CCOCc6ccc(C=C)cc6)cc5)cc4)cc3)c3ccc(CCOCc4ccc(C=C)cc4)cc3)cc2)cc1. The zero-order valence-corrected chi connectivity index (χ0v) is 52.1. The molecule has 6 nitrogen and oxygen atoms in total. The highest BCUT2D eigenvalue weighted by molar-refractivity contribution is 5.78. The molecule has 0 saturated heterocycles. The first kappa shape index (κ1) is 63.6. The maximum atomic E-state index is 6.09. The van der Waals surface area contributed by atoms with Crippen LogP contribution < -0.4 is 9.80 Å². The number of nitrogens with zero attached hydrogens (tertiary/aromatic N) is 2. The molecular formula is C84H84N2O4. The number of anilines is 6. The molecule has 0 unspecified atom stereocenters. The lowest BCUT2D eigenvalue weighted by Gasteiger charge is -2.26. The van der Waals surface area contributed by atoms with Gasteiger partial charge in [0.05, 0.1) is 52.9 Å². The summed E-state index contributed by atoms with van der Waals surface area (Å²) in [5.41, 5.74) is 23.4. The van der Waals surface area contributed by atoms with Crippen molar-refractivity contribution in [3.05, 3.63) is 347 Å². The number of unbranched alkanes of at least 4 members (excludes halogenated alkanes) is 1. The topological polar surface area (TPSA) is 43.4 Å². The van der Waals surface area contributed by atoms with Crippen LogP contribution in [0, 0.1) is 0 Å². The van der Waals surface area contributed by atoms with Gasteiger partial charge in [-0.2, -0.15) is 0 Å². The monoisotopic (exact) mass is 1180 g/mol. The molecule has 0 atom stereocenters. The van der Waals surface area contributed by atoms with E-state index in [-0.39, 0.29) is 0 Å². The van der Waals surface area contributed by atoms with Crippen molar-refractivity contribution in [2.24, 2.45) is 0 Å². The maximum absolute atomic E-state index is 6.09. The average molecular weight is 1190 g/mol. The minimum Gasteiger partial charge on any atom is -0.376 e. The van der Waals surface area contributed by atoms with Crippen molar-refractivity contribution in [3.63, 3.8) is 0 Å². The Kier molecular flexibility index (Phi) is 23.9. The number of ether oxygens (including phenoxy) is 4. The van der Waals surface area contributed by atoms with Crippen molar-refractivity contribution >= 4 is 58.4 Å². The van der Waals surface area contributed by atoms with Crippen molar-refractivity contribution < 1.29 is 18.9 Å². The molecule has 10 aromatic carbocycles. The Balaban J connectivity index is 0.755. The molecule has 10 aromatic rings. The second kappa shape index (κ2) is 33.8. The minimum absolute atomic E-state index is 0.589. The molecule has 0 amide bonds. The van der Waals surface area contributed by atoms with Gasteiger partial charge in [-0.25, -0.2) is 0 Å². The van der Waals surface area contributed by atoms with Gasteiger partial charge in [0.1, 0.15) is 0 Å². The quantitative estimate of drug-likeness (QED) is 0.0369. The number of rotatable bonds is 35. The summed E-state index contributed by atoms with van der Waals surface area (Å²) in [5.74, 6) is 0. The number of hydrogen-bond acceptors (Lipinski definition) is 6. The van der Waals surface area contributed by atoms with E-state index in [1.807, 2.05) is 24.3 Å². The van der Waals surface area contributed by atoms with Crippen LogP contribution in [0.3, 0.4) is 0 Å². The molecule has 0 bridgehead atoms. The van der Waals surface area contributed by atoms with Crippen LogP contribution in [0.25, 0.3) is 24.3 Å². The van der Waals surface area contributed by atoms with Gasteiger partial charge in [-0.3, -0.25) is 0 Å². The van der Waals surface area contributed by atoms with Gasteiger partial charge < -0.3 is 28.7 Å². The summed E-state index contributed by atoms with van der Waals surface area (Å²) in [6.07, 6.45) is 15.0. The van der Waals surface area contributed by atoms with E-state index in [1.165, 1.54) is 33.4 Å². The van der Waals surface area contributed by atoms with Gasteiger partial charge in [-0.1, -0.05) is 220 Å². The number of aryl methyl sites for hydroxylation is 2. The summed E-state index contributed by atoms with van der Waals surface area (Å²) >= 11 is 0. The van der Waals surface area contributed by atoms with Gasteiger partial charge in [0, 0.05) is 34.1 Å². The Bertz CT molecular complexity index is 3320. The molecule has 0 spiro atoms. The molecule has 0 aliphatic rings. The van der Waals surface area contributed by atoms with Crippen LogP contribution in [-0.2, 0) is 83.9 Å². The molecule has 0 radical (unpaired) electrons. The fourth-order valence-corrected chi connectivity index (χ4v) is 10.9. The summed E-state index contributed by atoms with van der Waals surface area (Å²) in [7, 11) is 0. The second-order valence-corrected chi connectivity index (χ2v) is 22.9. The molecule has 0 saturated carbocycles. The molecule has 0 heterocycles. The van der Waals surface area contributed by atoms with E-state index in [0.29, 0.717) is 52.9 Å². The molecule has 90 heavy (non-hydrogen) atoms. The van der Waals surface area contributed by atoms with E-state index < -0.39 is 0 Å². The lowest BCUT2D eigenvalue weighted by molar-refractivity contribution is 0.124. The lowest BCUT2D eigenvalue weighted by atomic mass is 10.0. The Morgan fingerprint density at radius 3 is 0.556 bits per heavy atom. The Morgan fingerprint density at radius 1 is 0.211 bits per heavy atom. The van der Waals surface area contributed by atoms with Crippen LogP contribution in [0.15, 0.2) is 269 Å². The predicted octanol–water partition coefficient (Wildman–Crippen LogP) is 20.8. The number of benzene rings is 10.